The van der Waals surface area contributed by atoms with Gasteiger partial charge in [-0.1, -0.05) is 0 Å². The van der Waals surface area contributed by atoms with Gasteiger partial charge in [0.05, 0.1) is 6.04 Å². The van der Waals surface area contributed by atoms with Gasteiger partial charge in [0.1, 0.15) is 0 Å². The lowest BCUT2D eigenvalue weighted by Gasteiger charge is -2.57. The minimum atomic E-state index is -0.442. The van der Waals surface area contributed by atoms with Crippen LogP contribution >= 0.6 is 0 Å². The summed E-state index contributed by atoms with van der Waals surface area (Å²) in [6, 6.07) is -0.238. The molecule has 4 saturated carbocycles. The standard InChI is InChI=1S/C15H25N2O/c1-17-13(14(16)18)2-3-15-7-10-4-11(8-15)6-12(5-10)9-15/h10-13,16-17H,2-9H2,1H3. The van der Waals surface area contributed by atoms with E-state index in [2.05, 4.69) is 5.32 Å². The van der Waals surface area contributed by atoms with Crippen molar-refractivity contribution in [1.29, 1.82) is 0 Å². The van der Waals surface area contributed by atoms with Gasteiger partial charge < -0.3 is 5.32 Å². The summed E-state index contributed by atoms with van der Waals surface area (Å²) in [6.45, 7) is 0. The normalized spacial score (nSPS) is 43.1. The van der Waals surface area contributed by atoms with Crippen molar-refractivity contribution >= 4 is 5.91 Å². The van der Waals surface area contributed by atoms with Crippen LogP contribution in [0.4, 0.5) is 0 Å². The summed E-state index contributed by atoms with van der Waals surface area (Å²) < 4.78 is 0. The molecular weight excluding hydrogens is 224 g/mol. The average molecular weight is 249 g/mol. The van der Waals surface area contributed by atoms with Crippen LogP contribution in [0.1, 0.15) is 51.4 Å². The summed E-state index contributed by atoms with van der Waals surface area (Å²) in [5, 5.41) is 3.00. The molecule has 1 amide bonds. The van der Waals surface area contributed by atoms with Crippen molar-refractivity contribution < 1.29 is 4.79 Å². The molecule has 4 aliphatic rings. The molecule has 0 saturated heterocycles. The van der Waals surface area contributed by atoms with Gasteiger partial charge in [-0.05, 0) is 81.6 Å². The molecule has 3 heteroatoms. The van der Waals surface area contributed by atoms with Crippen molar-refractivity contribution in [2.24, 2.45) is 23.2 Å². The van der Waals surface area contributed by atoms with E-state index in [1.165, 1.54) is 38.5 Å². The van der Waals surface area contributed by atoms with E-state index in [4.69, 9.17) is 5.73 Å². The molecule has 4 fully saturated rings. The second-order valence-electron chi connectivity index (χ2n) is 7.16. The second kappa shape index (κ2) is 4.52. The Hall–Kier alpha value is -0.570. The molecule has 4 aliphatic carbocycles. The van der Waals surface area contributed by atoms with Crippen LogP contribution in [0.15, 0.2) is 0 Å². The van der Waals surface area contributed by atoms with Crippen LogP contribution in [0.25, 0.3) is 0 Å². The highest BCUT2D eigenvalue weighted by molar-refractivity contribution is 5.78. The Morgan fingerprint density at radius 1 is 1.22 bits per heavy atom. The molecule has 2 N–H and O–H groups in total. The highest BCUT2D eigenvalue weighted by atomic mass is 16.1. The van der Waals surface area contributed by atoms with Crippen molar-refractivity contribution in [2.45, 2.75) is 57.4 Å². The Balaban J connectivity index is 1.63. The van der Waals surface area contributed by atoms with Crippen LogP contribution in [0, 0.1) is 23.2 Å². The maximum atomic E-state index is 11.2. The van der Waals surface area contributed by atoms with E-state index < -0.39 is 5.91 Å². The minimum Gasteiger partial charge on any atom is -0.309 e. The van der Waals surface area contributed by atoms with Crippen LogP contribution in [0.5, 0.6) is 0 Å². The largest absolute Gasteiger partial charge is 0.309 e. The molecule has 0 aromatic heterocycles. The van der Waals surface area contributed by atoms with Gasteiger partial charge in [0, 0.05) is 0 Å². The van der Waals surface area contributed by atoms with Crippen LogP contribution < -0.4 is 11.1 Å². The first kappa shape index (κ1) is 12.5. The van der Waals surface area contributed by atoms with Gasteiger partial charge in [-0.3, -0.25) is 10.5 Å². The number of carbonyl (C=O) groups is 1. The Labute approximate surface area is 110 Å². The van der Waals surface area contributed by atoms with Crippen molar-refractivity contribution in [3.8, 4) is 0 Å². The number of hydrogen-bond donors (Lipinski definition) is 1. The maximum Gasteiger partial charge on any atom is 0.255 e. The zero-order valence-electron chi connectivity index (χ0n) is 11.4. The Morgan fingerprint density at radius 3 is 2.11 bits per heavy atom. The number of amides is 1. The fourth-order valence-corrected chi connectivity index (χ4v) is 5.45. The van der Waals surface area contributed by atoms with E-state index in [0.29, 0.717) is 5.41 Å². The van der Waals surface area contributed by atoms with E-state index in [9.17, 15) is 4.79 Å². The van der Waals surface area contributed by atoms with Gasteiger partial charge in [0.2, 0.25) is 0 Å². The van der Waals surface area contributed by atoms with Crippen LogP contribution in [-0.4, -0.2) is 19.0 Å². The van der Waals surface area contributed by atoms with Gasteiger partial charge in [0.15, 0.2) is 0 Å². The van der Waals surface area contributed by atoms with Crippen molar-refractivity contribution in [3.63, 3.8) is 0 Å². The first-order valence-corrected chi connectivity index (χ1v) is 7.53. The van der Waals surface area contributed by atoms with Crippen molar-refractivity contribution in [2.75, 3.05) is 7.05 Å². The summed E-state index contributed by atoms with van der Waals surface area (Å²) in [4.78, 5) is 11.2. The number of hydrogen-bond acceptors (Lipinski definition) is 2. The molecule has 0 aromatic carbocycles. The van der Waals surface area contributed by atoms with Gasteiger partial charge >= 0.3 is 0 Å². The van der Waals surface area contributed by atoms with Crippen LogP contribution in [0.3, 0.4) is 0 Å². The Kier molecular flexibility index (Phi) is 3.13. The highest BCUT2D eigenvalue weighted by Gasteiger charge is 2.50. The quantitative estimate of drug-likeness (QED) is 0.813. The maximum absolute atomic E-state index is 11.2. The van der Waals surface area contributed by atoms with Crippen molar-refractivity contribution in [3.05, 3.63) is 0 Å². The lowest BCUT2D eigenvalue weighted by atomic mass is 9.48. The van der Waals surface area contributed by atoms with Crippen molar-refractivity contribution in [1.82, 2.24) is 11.1 Å². The predicted octanol–water partition coefficient (Wildman–Crippen LogP) is 2.38. The Bertz CT molecular complexity index is 304. The van der Waals surface area contributed by atoms with Gasteiger partial charge in [-0.15, -0.1) is 0 Å². The van der Waals surface area contributed by atoms with E-state index in [1.807, 2.05) is 0 Å². The monoisotopic (exact) mass is 249 g/mol. The molecule has 0 spiro atoms. The Morgan fingerprint density at radius 2 is 1.72 bits per heavy atom. The SMILES string of the molecule is CNC(CCC12CC3CC(CC(C3)C1)C2)C([NH])=O. The summed E-state index contributed by atoms with van der Waals surface area (Å²) in [7, 11) is 1.80. The van der Waals surface area contributed by atoms with E-state index in [0.717, 1.165) is 30.6 Å². The number of rotatable bonds is 5. The molecule has 1 radical (unpaired) electrons. The summed E-state index contributed by atoms with van der Waals surface area (Å²) >= 11 is 0. The molecule has 4 rings (SSSR count). The third kappa shape index (κ3) is 2.18. The summed E-state index contributed by atoms with van der Waals surface area (Å²) in [5.74, 6) is 2.50. The molecular formula is C15H25N2O. The average Bonchev–Trinajstić information content (AvgIpc) is 2.27. The second-order valence-corrected chi connectivity index (χ2v) is 7.16. The molecule has 4 bridgehead atoms. The molecule has 101 valence electrons. The van der Waals surface area contributed by atoms with Gasteiger partial charge in [-0.25, -0.2) is 0 Å². The van der Waals surface area contributed by atoms with Gasteiger partial charge in [-0.2, -0.15) is 0 Å². The van der Waals surface area contributed by atoms with E-state index in [1.54, 1.807) is 7.05 Å². The fourth-order valence-electron chi connectivity index (χ4n) is 5.45. The lowest BCUT2D eigenvalue weighted by Crippen LogP contribution is -2.47. The molecule has 0 heterocycles. The molecule has 1 unspecified atom stereocenters. The zero-order valence-corrected chi connectivity index (χ0v) is 11.4. The molecule has 0 aliphatic heterocycles. The number of carbonyl (C=O) groups excluding carboxylic acids is 1. The van der Waals surface area contributed by atoms with E-state index >= 15 is 0 Å². The predicted molar refractivity (Wildman–Crippen MR) is 70.8 cm³/mol. The number of nitrogens with one attached hydrogen (secondary N) is 2. The summed E-state index contributed by atoms with van der Waals surface area (Å²) in [6.07, 6.45) is 10.7. The molecule has 1 atom stereocenters. The topological polar surface area (TPSA) is 52.9 Å². The molecule has 3 nitrogen and oxygen atoms in total. The van der Waals surface area contributed by atoms with E-state index in [-0.39, 0.29) is 6.04 Å². The van der Waals surface area contributed by atoms with Crippen LogP contribution in [-0.2, 0) is 4.79 Å². The summed E-state index contributed by atoms with van der Waals surface area (Å²) in [5.41, 5.74) is 7.81. The molecule has 18 heavy (non-hydrogen) atoms. The van der Waals surface area contributed by atoms with Gasteiger partial charge in [0.25, 0.3) is 5.91 Å². The first-order chi connectivity index (χ1) is 8.60. The number of likely N-dealkylation sites (N-methyl/N-ethyl adjacent to an activating group) is 1. The zero-order chi connectivity index (χ0) is 12.8. The van der Waals surface area contributed by atoms with Crippen LogP contribution in [0.2, 0.25) is 0 Å². The highest BCUT2D eigenvalue weighted by Crippen LogP contribution is 2.61. The third-order valence-electron chi connectivity index (χ3n) is 5.79. The smallest absolute Gasteiger partial charge is 0.255 e. The first-order valence-electron chi connectivity index (χ1n) is 7.53. The lowest BCUT2D eigenvalue weighted by molar-refractivity contribution is -0.121. The fraction of sp³-hybridized carbons (Fsp3) is 0.933. The molecule has 0 aromatic rings. The third-order valence-corrected chi connectivity index (χ3v) is 5.79. The minimum absolute atomic E-state index is 0.238.